The van der Waals surface area contributed by atoms with Gasteiger partial charge in [0, 0.05) is 38.0 Å². The molecule has 1 aliphatic rings. The molecule has 1 saturated heterocycles. The first-order chi connectivity index (χ1) is 14.9. The Labute approximate surface area is 186 Å². The van der Waals surface area contributed by atoms with Gasteiger partial charge in [0.05, 0.1) is 22.9 Å². The summed E-state index contributed by atoms with van der Waals surface area (Å²) in [4.78, 5) is 36.5. The summed E-state index contributed by atoms with van der Waals surface area (Å²) in [5.41, 5.74) is 2.54. The van der Waals surface area contributed by atoms with Crippen LogP contribution in [0.15, 0.2) is 34.7 Å². The summed E-state index contributed by atoms with van der Waals surface area (Å²) in [7, 11) is 0. The fourth-order valence-corrected chi connectivity index (χ4v) is 5.21. The number of rotatable bonds is 6. The number of carbonyl (C=O) groups excluding carboxylic acids is 1. The topological polar surface area (TPSA) is 80.1 Å². The van der Waals surface area contributed by atoms with Gasteiger partial charge >= 0.3 is 0 Å². The summed E-state index contributed by atoms with van der Waals surface area (Å²) in [6.07, 6.45) is 2.99. The summed E-state index contributed by atoms with van der Waals surface area (Å²) >= 11 is 1.45. The van der Waals surface area contributed by atoms with Crippen LogP contribution in [0.3, 0.4) is 0 Å². The molecule has 7 nitrogen and oxygen atoms in total. The van der Waals surface area contributed by atoms with Crippen molar-refractivity contribution in [3.63, 3.8) is 0 Å². The van der Waals surface area contributed by atoms with Gasteiger partial charge in [0.15, 0.2) is 5.13 Å². The molecule has 2 atom stereocenters. The monoisotopic (exact) mass is 439 g/mol. The number of piperidine rings is 1. The number of nitrogens with zero attached hydrogens (tertiary/aromatic N) is 4. The van der Waals surface area contributed by atoms with Crippen LogP contribution < -0.4 is 10.9 Å². The van der Waals surface area contributed by atoms with Crippen molar-refractivity contribution in [2.75, 3.05) is 18.4 Å². The molecule has 31 heavy (non-hydrogen) atoms. The molecule has 2 aromatic heterocycles. The predicted octanol–water partition coefficient (Wildman–Crippen LogP) is 3.67. The van der Waals surface area contributed by atoms with Crippen molar-refractivity contribution >= 4 is 33.3 Å². The average molecular weight is 440 g/mol. The maximum absolute atomic E-state index is 12.7. The standard InChI is InChI=1S/C23H29N5O2S/c1-15-9-16(2)11-27(10-15)12-18-13-31-23(25-18)26-20(29)7-8-28-14-24-21-17(3)5-4-6-19(21)22(28)30/h4-6,13-16H,7-12H2,1-3H3,(H,25,26,29). The maximum Gasteiger partial charge on any atom is 0.261 e. The lowest BCUT2D eigenvalue weighted by Gasteiger charge is -2.34. The Morgan fingerprint density at radius 1 is 1.26 bits per heavy atom. The van der Waals surface area contributed by atoms with Gasteiger partial charge in [0.25, 0.3) is 5.56 Å². The van der Waals surface area contributed by atoms with E-state index < -0.39 is 0 Å². The number of aryl methyl sites for hydroxylation is 2. The van der Waals surface area contributed by atoms with Gasteiger partial charge in [0.1, 0.15) is 0 Å². The van der Waals surface area contributed by atoms with E-state index in [1.165, 1.54) is 28.7 Å². The van der Waals surface area contributed by atoms with Gasteiger partial charge in [-0.15, -0.1) is 11.3 Å². The van der Waals surface area contributed by atoms with Gasteiger partial charge in [-0.1, -0.05) is 26.0 Å². The van der Waals surface area contributed by atoms with Gasteiger partial charge in [-0.2, -0.15) is 0 Å². The molecular weight excluding hydrogens is 410 g/mol. The SMILES string of the molecule is Cc1cccc2c(=O)n(CCC(=O)Nc3nc(CN4CC(C)CC(C)C4)cs3)cnc12. The lowest BCUT2D eigenvalue weighted by Crippen LogP contribution is -2.38. The Kier molecular flexibility index (Phi) is 6.48. The molecule has 0 aliphatic carbocycles. The van der Waals surface area contributed by atoms with Crippen LogP contribution in [0.1, 0.15) is 37.9 Å². The third-order valence-electron chi connectivity index (χ3n) is 5.76. The third-order valence-corrected chi connectivity index (χ3v) is 6.57. The minimum Gasteiger partial charge on any atom is -0.302 e. The zero-order valence-corrected chi connectivity index (χ0v) is 19.1. The summed E-state index contributed by atoms with van der Waals surface area (Å²) in [6.45, 7) is 9.82. The number of benzene rings is 1. The van der Waals surface area contributed by atoms with Crippen LogP contribution in [-0.2, 0) is 17.9 Å². The van der Waals surface area contributed by atoms with Gasteiger partial charge in [-0.05, 0) is 36.8 Å². The smallest absolute Gasteiger partial charge is 0.261 e. The molecule has 3 aromatic rings. The molecule has 1 fully saturated rings. The summed E-state index contributed by atoms with van der Waals surface area (Å²) in [6, 6.07) is 5.56. The number of fused-ring (bicyclic) bond motifs is 1. The quantitative estimate of drug-likeness (QED) is 0.634. The number of para-hydroxylation sites is 1. The first-order valence-corrected chi connectivity index (χ1v) is 11.7. The Bertz CT molecular complexity index is 1130. The molecule has 1 aliphatic heterocycles. The van der Waals surface area contributed by atoms with Crippen LogP contribution in [0.5, 0.6) is 0 Å². The second-order valence-electron chi connectivity index (χ2n) is 8.80. The minimum absolute atomic E-state index is 0.122. The Morgan fingerprint density at radius 2 is 2.03 bits per heavy atom. The second kappa shape index (κ2) is 9.28. The zero-order valence-electron chi connectivity index (χ0n) is 18.3. The molecule has 8 heteroatoms. The molecule has 1 amide bonds. The van der Waals surface area contributed by atoms with E-state index in [4.69, 9.17) is 0 Å². The largest absolute Gasteiger partial charge is 0.302 e. The number of thiazole rings is 1. The van der Waals surface area contributed by atoms with E-state index in [9.17, 15) is 9.59 Å². The molecule has 164 valence electrons. The molecule has 0 radical (unpaired) electrons. The van der Waals surface area contributed by atoms with Gasteiger partial charge in [-0.3, -0.25) is 19.1 Å². The van der Waals surface area contributed by atoms with Crippen LogP contribution in [0.25, 0.3) is 10.9 Å². The summed E-state index contributed by atoms with van der Waals surface area (Å²) < 4.78 is 1.49. The number of anilines is 1. The van der Waals surface area contributed by atoms with Crippen molar-refractivity contribution in [3.8, 4) is 0 Å². The lowest BCUT2D eigenvalue weighted by molar-refractivity contribution is -0.116. The van der Waals surface area contributed by atoms with E-state index in [2.05, 4.69) is 34.0 Å². The number of hydrogen-bond acceptors (Lipinski definition) is 6. The number of nitrogens with one attached hydrogen (secondary N) is 1. The number of likely N-dealkylation sites (tertiary alicyclic amines) is 1. The zero-order chi connectivity index (χ0) is 22.0. The van der Waals surface area contributed by atoms with E-state index in [-0.39, 0.29) is 24.4 Å². The molecule has 1 aromatic carbocycles. The van der Waals surface area contributed by atoms with E-state index in [0.717, 1.165) is 30.9 Å². The highest BCUT2D eigenvalue weighted by atomic mass is 32.1. The van der Waals surface area contributed by atoms with Crippen LogP contribution >= 0.6 is 11.3 Å². The molecule has 2 unspecified atom stereocenters. The predicted molar refractivity (Wildman–Crippen MR) is 124 cm³/mol. The maximum atomic E-state index is 12.7. The van der Waals surface area contributed by atoms with Gasteiger partial charge in [0.2, 0.25) is 5.91 Å². The Morgan fingerprint density at radius 3 is 2.81 bits per heavy atom. The summed E-state index contributed by atoms with van der Waals surface area (Å²) in [5, 5.41) is 6.07. The normalized spacial score (nSPS) is 19.6. The van der Waals surface area contributed by atoms with Gasteiger partial charge < -0.3 is 5.32 Å². The van der Waals surface area contributed by atoms with Crippen molar-refractivity contribution < 1.29 is 4.79 Å². The fraction of sp³-hybridized carbons (Fsp3) is 0.478. The molecule has 3 heterocycles. The highest BCUT2D eigenvalue weighted by Crippen LogP contribution is 2.24. The van der Waals surface area contributed by atoms with Crippen LogP contribution in [0.4, 0.5) is 5.13 Å². The van der Waals surface area contributed by atoms with Crippen molar-refractivity contribution in [2.45, 2.75) is 46.7 Å². The lowest BCUT2D eigenvalue weighted by atomic mass is 9.92. The summed E-state index contributed by atoms with van der Waals surface area (Å²) in [5.74, 6) is 1.26. The Balaban J connectivity index is 1.33. The third kappa shape index (κ3) is 5.19. The first-order valence-electron chi connectivity index (χ1n) is 10.8. The number of hydrogen-bond donors (Lipinski definition) is 1. The number of carbonyl (C=O) groups is 1. The van der Waals surface area contributed by atoms with Crippen molar-refractivity contribution in [1.82, 2.24) is 19.4 Å². The number of aromatic nitrogens is 3. The first kappa shape index (κ1) is 21.6. The van der Waals surface area contributed by atoms with Crippen LogP contribution in [0, 0.1) is 18.8 Å². The molecule has 0 saturated carbocycles. The molecule has 0 bridgehead atoms. The average Bonchev–Trinajstić information content (AvgIpc) is 3.14. The van der Waals surface area contributed by atoms with Crippen molar-refractivity contribution in [1.29, 1.82) is 0 Å². The van der Waals surface area contributed by atoms with Crippen LogP contribution in [0.2, 0.25) is 0 Å². The molecular formula is C23H29N5O2S. The molecule has 1 N–H and O–H groups in total. The van der Waals surface area contributed by atoms with E-state index in [0.29, 0.717) is 27.9 Å². The Hall–Kier alpha value is -2.58. The molecule has 4 rings (SSSR count). The van der Waals surface area contributed by atoms with E-state index in [1.807, 2.05) is 24.4 Å². The minimum atomic E-state index is -0.155. The second-order valence-corrected chi connectivity index (χ2v) is 9.65. The van der Waals surface area contributed by atoms with Crippen molar-refractivity contribution in [2.24, 2.45) is 11.8 Å². The molecule has 0 spiro atoms. The van der Waals surface area contributed by atoms with E-state index in [1.54, 1.807) is 6.07 Å². The van der Waals surface area contributed by atoms with E-state index >= 15 is 0 Å². The number of amides is 1. The fourth-order valence-electron chi connectivity index (χ4n) is 4.49. The van der Waals surface area contributed by atoms with Crippen LogP contribution in [-0.4, -0.2) is 38.4 Å². The highest BCUT2D eigenvalue weighted by molar-refractivity contribution is 7.13. The van der Waals surface area contributed by atoms with Gasteiger partial charge in [-0.25, -0.2) is 9.97 Å². The highest BCUT2D eigenvalue weighted by Gasteiger charge is 2.22. The van der Waals surface area contributed by atoms with Crippen molar-refractivity contribution in [3.05, 3.63) is 51.5 Å².